The number of hydrogen-bond donors (Lipinski definition) is 1. The molecule has 1 heterocycles. The predicted octanol–water partition coefficient (Wildman–Crippen LogP) is 3.76. The Labute approximate surface area is 124 Å². The van der Waals surface area contributed by atoms with Gasteiger partial charge in [0.05, 0.1) is 15.8 Å². The molecule has 0 saturated heterocycles. The van der Waals surface area contributed by atoms with Gasteiger partial charge in [0.1, 0.15) is 5.75 Å². The Morgan fingerprint density at radius 2 is 2.16 bits per heavy atom. The molecule has 2 rings (SSSR count). The molecule has 5 heteroatoms. The summed E-state index contributed by atoms with van der Waals surface area (Å²) in [6.45, 7) is 2.43. The van der Waals surface area contributed by atoms with Crippen molar-refractivity contribution in [1.29, 1.82) is 0 Å². The summed E-state index contributed by atoms with van der Waals surface area (Å²) in [6.07, 6.45) is 0. The Morgan fingerprint density at radius 1 is 1.42 bits per heavy atom. The van der Waals surface area contributed by atoms with Crippen LogP contribution >= 0.6 is 27.3 Å². The molecule has 1 amide bonds. The Morgan fingerprint density at radius 3 is 2.79 bits per heavy atom. The average Bonchev–Trinajstić information content (AvgIpc) is 2.76. The van der Waals surface area contributed by atoms with Crippen LogP contribution in [0.25, 0.3) is 0 Å². The topological polar surface area (TPSA) is 38.3 Å². The van der Waals surface area contributed by atoms with Crippen LogP contribution in [0.1, 0.15) is 20.8 Å². The zero-order valence-electron chi connectivity index (χ0n) is 10.7. The normalized spacial score (nSPS) is 10.3. The third kappa shape index (κ3) is 3.36. The number of hydrogen-bond acceptors (Lipinski definition) is 3. The Kier molecular flexibility index (Phi) is 4.61. The first-order chi connectivity index (χ1) is 9.11. The fourth-order valence-corrected chi connectivity index (χ4v) is 3.13. The van der Waals surface area contributed by atoms with Crippen LogP contribution in [0.15, 0.2) is 34.1 Å². The molecule has 0 aliphatic rings. The lowest BCUT2D eigenvalue weighted by molar-refractivity contribution is 0.0954. The van der Waals surface area contributed by atoms with Crippen LogP contribution in [0, 0.1) is 6.92 Å². The number of halogens is 1. The molecule has 0 saturated carbocycles. The molecule has 1 N–H and O–H groups in total. The van der Waals surface area contributed by atoms with E-state index in [0.29, 0.717) is 11.4 Å². The van der Waals surface area contributed by atoms with Gasteiger partial charge in [0.2, 0.25) is 0 Å². The van der Waals surface area contributed by atoms with E-state index in [1.165, 1.54) is 11.3 Å². The molecule has 1 aromatic heterocycles. The van der Waals surface area contributed by atoms with Gasteiger partial charge >= 0.3 is 0 Å². The number of rotatable bonds is 4. The van der Waals surface area contributed by atoms with Gasteiger partial charge in [-0.1, -0.05) is 18.2 Å². The van der Waals surface area contributed by atoms with Crippen LogP contribution in [0.2, 0.25) is 0 Å². The second kappa shape index (κ2) is 6.21. The molecule has 19 heavy (non-hydrogen) atoms. The van der Waals surface area contributed by atoms with Gasteiger partial charge in [-0.3, -0.25) is 4.79 Å². The van der Waals surface area contributed by atoms with Crippen molar-refractivity contribution in [2.75, 3.05) is 7.11 Å². The lowest BCUT2D eigenvalue weighted by atomic mass is 10.2. The van der Waals surface area contributed by atoms with Crippen LogP contribution in [-0.2, 0) is 6.54 Å². The molecule has 0 unspecified atom stereocenters. The zero-order chi connectivity index (χ0) is 13.8. The lowest BCUT2D eigenvalue weighted by Gasteiger charge is -2.08. The van der Waals surface area contributed by atoms with E-state index in [4.69, 9.17) is 4.74 Å². The van der Waals surface area contributed by atoms with Crippen molar-refractivity contribution >= 4 is 33.2 Å². The summed E-state index contributed by atoms with van der Waals surface area (Å²) in [7, 11) is 1.63. The van der Waals surface area contributed by atoms with Crippen LogP contribution in [0.5, 0.6) is 5.75 Å². The van der Waals surface area contributed by atoms with E-state index in [0.717, 1.165) is 20.7 Å². The number of aryl methyl sites for hydroxylation is 1. The third-order valence-corrected chi connectivity index (χ3v) is 4.85. The standard InChI is InChI=1S/C14H14BrNO2S/c1-9-7-12(19-13(9)15)14(17)16-8-10-5-3-4-6-11(10)18-2/h3-7H,8H2,1-2H3,(H,16,17). The van der Waals surface area contributed by atoms with Crippen molar-refractivity contribution in [3.8, 4) is 5.75 Å². The highest BCUT2D eigenvalue weighted by Gasteiger charge is 2.11. The molecule has 0 atom stereocenters. The van der Waals surface area contributed by atoms with E-state index in [9.17, 15) is 4.79 Å². The van der Waals surface area contributed by atoms with Gasteiger partial charge in [-0.25, -0.2) is 0 Å². The minimum absolute atomic E-state index is 0.0651. The smallest absolute Gasteiger partial charge is 0.261 e. The highest BCUT2D eigenvalue weighted by atomic mass is 79.9. The maximum atomic E-state index is 12.0. The van der Waals surface area contributed by atoms with E-state index < -0.39 is 0 Å². The van der Waals surface area contributed by atoms with Crippen LogP contribution in [-0.4, -0.2) is 13.0 Å². The van der Waals surface area contributed by atoms with E-state index >= 15 is 0 Å². The highest BCUT2D eigenvalue weighted by Crippen LogP contribution is 2.27. The summed E-state index contributed by atoms with van der Waals surface area (Å²) in [4.78, 5) is 12.7. The van der Waals surface area contributed by atoms with Gasteiger partial charge in [-0.05, 0) is 40.5 Å². The van der Waals surface area contributed by atoms with Gasteiger partial charge in [0.15, 0.2) is 0 Å². The van der Waals surface area contributed by atoms with Crippen molar-refractivity contribution in [2.24, 2.45) is 0 Å². The van der Waals surface area contributed by atoms with E-state index in [1.54, 1.807) is 7.11 Å². The molecule has 1 aromatic carbocycles. The number of thiophene rings is 1. The van der Waals surface area contributed by atoms with E-state index in [2.05, 4.69) is 21.2 Å². The summed E-state index contributed by atoms with van der Waals surface area (Å²) < 4.78 is 6.25. The fourth-order valence-electron chi connectivity index (χ4n) is 1.68. The lowest BCUT2D eigenvalue weighted by Crippen LogP contribution is -2.22. The molecular formula is C14H14BrNO2S. The van der Waals surface area contributed by atoms with Crippen LogP contribution in [0.3, 0.4) is 0 Å². The van der Waals surface area contributed by atoms with Crippen molar-refractivity contribution in [1.82, 2.24) is 5.32 Å². The van der Waals surface area contributed by atoms with Gasteiger partial charge in [0, 0.05) is 12.1 Å². The largest absolute Gasteiger partial charge is 0.496 e. The quantitative estimate of drug-likeness (QED) is 0.920. The monoisotopic (exact) mass is 339 g/mol. The molecule has 0 radical (unpaired) electrons. The summed E-state index contributed by atoms with van der Waals surface area (Å²) >= 11 is 4.86. The Bertz CT molecular complexity index is 575. The Hall–Kier alpha value is -1.33. The summed E-state index contributed by atoms with van der Waals surface area (Å²) in [6, 6.07) is 9.54. The van der Waals surface area contributed by atoms with Crippen molar-refractivity contribution in [3.05, 3.63) is 50.1 Å². The average molecular weight is 340 g/mol. The number of carbonyl (C=O) groups is 1. The van der Waals surface area contributed by atoms with Gasteiger partial charge < -0.3 is 10.1 Å². The first kappa shape index (κ1) is 14.1. The van der Waals surface area contributed by atoms with Crippen molar-refractivity contribution in [2.45, 2.75) is 13.5 Å². The molecular weight excluding hydrogens is 326 g/mol. The van der Waals surface area contributed by atoms with Gasteiger partial charge in [-0.15, -0.1) is 11.3 Å². The second-order valence-electron chi connectivity index (χ2n) is 4.06. The number of amides is 1. The van der Waals surface area contributed by atoms with Crippen LogP contribution < -0.4 is 10.1 Å². The van der Waals surface area contributed by atoms with Gasteiger partial charge in [-0.2, -0.15) is 0 Å². The number of methoxy groups -OCH3 is 1. The molecule has 0 aliphatic heterocycles. The van der Waals surface area contributed by atoms with Crippen molar-refractivity contribution in [3.63, 3.8) is 0 Å². The maximum Gasteiger partial charge on any atom is 0.261 e. The highest BCUT2D eigenvalue weighted by molar-refractivity contribution is 9.11. The summed E-state index contributed by atoms with van der Waals surface area (Å²) in [5, 5.41) is 2.90. The molecule has 2 aromatic rings. The number of benzene rings is 1. The fraction of sp³-hybridized carbons (Fsp3) is 0.214. The van der Waals surface area contributed by atoms with Gasteiger partial charge in [0.25, 0.3) is 5.91 Å². The zero-order valence-corrected chi connectivity index (χ0v) is 13.1. The SMILES string of the molecule is COc1ccccc1CNC(=O)c1cc(C)c(Br)s1. The molecule has 0 aliphatic carbocycles. The van der Waals surface area contributed by atoms with Crippen LogP contribution in [0.4, 0.5) is 0 Å². The first-order valence-electron chi connectivity index (χ1n) is 5.78. The minimum Gasteiger partial charge on any atom is -0.496 e. The summed E-state index contributed by atoms with van der Waals surface area (Å²) in [5.41, 5.74) is 2.04. The molecule has 0 fully saturated rings. The Balaban J connectivity index is 2.04. The van der Waals surface area contributed by atoms with E-state index in [-0.39, 0.29) is 5.91 Å². The number of ether oxygens (including phenoxy) is 1. The maximum absolute atomic E-state index is 12.0. The number of para-hydroxylation sites is 1. The molecule has 100 valence electrons. The third-order valence-electron chi connectivity index (χ3n) is 2.71. The summed E-state index contributed by atoms with van der Waals surface area (Å²) in [5.74, 6) is 0.719. The number of carbonyl (C=O) groups excluding carboxylic acids is 1. The van der Waals surface area contributed by atoms with E-state index in [1.807, 2.05) is 37.3 Å². The molecule has 0 bridgehead atoms. The number of nitrogens with one attached hydrogen (secondary N) is 1. The second-order valence-corrected chi connectivity index (χ2v) is 6.43. The molecule has 0 spiro atoms. The van der Waals surface area contributed by atoms with Crippen molar-refractivity contribution < 1.29 is 9.53 Å². The first-order valence-corrected chi connectivity index (χ1v) is 7.39. The molecule has 3 nitrogen and oxygen atoms in total. The minimum atomic E-state index is -0.0651. The predicted molar refractivity (Wildman–Crippen MR) is 80.9 cm³/mol.